The summed E-state index contributed by atoms with van der Waals surface area (Å²) in [7, 11) is 0. The fourth-order valence-electron chi connectivity index (χ4n) is 4.38. The number of carboxylic acid groups (broad SMARTS) is 4. The molecular formula is C32H32ClF12N7O8. The average molecular weight is 906 g/mol. The third kappa shape index (κ3) is 20.7. The molecule has 8 N–H and O–H groups in total. The topological polar surface area (TPSA) is 236 Å². The van der Waals surface area contributed by atoms with Crippen molar-refractivity contribution in [1.82, 2.24) is 20.3 Å². The monoisotopic (exact) mass is 905 g/mol. The standard InChI is InChI=1S/C24H28ClN7.4C2HF3O2/c25-21-15-29-24-31-20-11-17(13-27-14-20)1-2-18-12-19(30-23(21)32-24)3-4-22(18)28-10-7-16-5-8-26-9-6-16;4*3-2(4,5)1(6)7/h3-4,11-16,26,28H,1-2,5-10H2,(H2,29,30,31,32);4*(H,6,7). The first-order chi connectivity index (χ1) is 27.5. The molecule has 28 heteroatoms. The number of hydrogen-bond donors (Lipinski definition) is 8. The number of benzene rings is 1. The smallest absolute Gasteiger partial charge is 0.475 e. The summed E-state index contributed by atoms with van der Waals surface area (Å²) in [5, 5.41) is 42.7. The molecule has 6 bridgehead atoms. The van der Waals surface area contributed by atoms with Gasteiger partial charge in [-0.1, -0.05) is 11.6 Å². The zero-order valence-corrected chi connectivity index (χ0v) is 30.7. The molecule has 334 valence electrons. The van der Waals surface area contributed by atoms with Gasteiger partial charge in [0.15, 0.2) is 5.82 Å². The van der Waals surface area contributed by atoms with Gasteiger partial charge < -0.3 is 41.7 Å². The number of piperidine rings is 1. The van der Waals surface area contributed by atoms with Crippen LogP contribution in [0.4, 0.5) is 81.5 Å². The first-order valence-corrected chi connectivity index (χ1v) is 16.7. The van der Waals surface area contributed by atoms with E-state index in [1.165, 1.54) is 36.1 Å². The number of nitrogens with one attached hydrogen (secondary N) is 4. The van der Waals surface area contributed by atoms with Gasteiger partial charge in [-0.25, -0.2) is 24.2 Å². The van der Waals surface area contributed by atoms with Gasteiger partial charge in [0.05, 0.1) is 18.1 Å². The van der Waals surface area contributed by atoms with E-state index in [0.29, 0.717) is 16.8 Å². The van der Waals surface area contributed by atoms with E-state index in [1.807, 2.05) is 6.20 Å². The van der Waals surface area contributed by atoms with E-state index in [0.717, 1.165) is 49.8 Å². The number of aromatic nitrogens is 3. The van der Waals surface area contributed by atoms with Gasteiger partial charge in [0.25, 0.3) is 0 Å². The van der Waals surface area contributed by atoms with Crippen LogP contribution in [0, 0.1) is 5.92 Å². The van der Waals surface area contributed by atoms with Crippen LogP contribution < -0.4 is 21.3 Å². The Morgan fingerprint density at radius 3 is 1.68 bits per heavy atom. The van der Waals surface area contributed by atoms with Crippen molar-refractivity contribution in [2.75, 3.05) is 35.6 Å². The highest BCUT2D eigenvalue weighted by molar-refractivity contribution is 6.32. The van der Waals surface area contributed by atoms with Crippen LogP contribution in [-0.4, -0.2) is 104 Å². The van der Waals surface area contributed by atoms with Gasteiger partial charge in [-0.05, 0) is 86.5 Å². The van der Waals surface area contributed by atoms with Crippen molar-refractivity contribution in [3.63, 3.8) is 0 Å². The highest BCUT2D eigenvalue weighted by atomic mass is 35.5. The number of pyridine rings is 1. The minimum Gasteiger partial charge on any atom is -0.475 e. The molecule has 0 spiro atoms. The predicted molar refractivity (Wildman–Crippen MR) is 185 cm³/mol. The van der Waals surface area contributed by atoms with Crippen LogP contribution in [0.3, 0.4) is 0 Å². The Kier molecular flexibility index (Phi) is 20.1. The Morgan fingerprint density at radius 1 is 0.700 bits per heavy atom. The Labute approximate surface area is 334 Å². The number of anilines is 5. The quantitative estimate of drug-likeness (QED) is 0.119. The van der Waals surface area contributed by atoms with Crippen molar-refractivity contribution >= 4 is 64.3 Å². The second-order valence-corrected chi connectivity index (χ2v) is 12.1. The molecule has 2 aliphatic heterocycles. The Morgan fingerprint density at radius 2 is 1.20 bits per heavy atom. The molecule has 1 fully saturated rings. The van der Waals surface area contributed by atoms with E-state index in [2.05, 4.69) is 60.5 Å². The molecule has 2 aromatic heterocycles. The lowest BCUT2D eigenvalue weighted by Crippen LogP contribution is -2.28. The normalized spacial score (nSPS) is 13.8. The van der Waals surface area contributed by atoms with Crippen LogP contribution in [0.25, 0.3) is 0 Å². The SMILES string of the molecule is Clc1cnc2nc1Nc1ccc(NCCC3CCNCC3)c(c1)CCc1cncc(c1)N2.O=C(O)C(F)(F)F.O=C(O)C(F)(F)F.O=C(O)C(F)(F)F.O=C(O)C(F)(F)F. The molecular weight excluding hydrogens is 874 g/mol. The highest BCUT2D eigenvalue weighted by Crippen LogP contribution is 2.30. The molecule has 4 heterocycles. The number of aryl methyl sites for hydroxylation is 2. The van der Waals surface area contributed by atoms with Crippen LogP contribution in [0.5, 0.6) is 0 Å². The molecule has 5 rings (SSSR count). The fourth-order valence-corrected chi connectivity index (χ4v) is 4.52. The Balaban J connectivity index is 0.000000522. The molecule has 15 nitrogen and oxygen atoms in total. The molecule has 3 aromatic rings. The van der Waals surface area contributed by atoms with Gasteiger partial charge in [0.2, 0.25) is 5.95 Å². The van der Waals surface area contributed by atoms with Gasteiger partial charge in [-0.15, -0.1) is 0 Å². The summed E-state index contributed by atoms with van der Waals surface area (Å²) < 4.78 is 127. The summed E-state index contributed by atoms with van der Waals surface area (Å²) >= 11 is 6.36. The third-order valence-electron chi connectivity index (χ3n) is 7.14. The molecule has 0 radical (unpaired) electrons. The third-order valence-corrected chi connectivity index (χ3v) is 7.42. The molecule has 0 atom stereocenters. The van der Waals surface area contributed by atoms with Crippen LogP contribution in [0.15, 0.2) is 42.9 Å². The van der Waals surface area contributed by atoms with Crippen molar-refractivity contribution in [3.05, 3.63) is 59.0 Å². The van der Waals surface area contributed by atoms with E-state index in [-0.39, 0.29) is 0 Å². The lowest BCUT2D eigenvalue weighted by molar-refractivity contribution is -0.193. The summed E-state index contributed by atoms with van der Waals surface area (Å²) in [5.41, 5.74) is 5.45. The summed E-state index contributed by atoms with van der Waals surface area (Å²) in [6.45, 7) is 3.28. The number of rotatable bonds is 4. The highest BCUT2D eigenvalue weighted by Gasteiger charge is 2.40. The molecule has 60 heavy (non-hydrogen) atoms. The first-order valence-electron chi connectivity index (χ1n) is 16.3. The second-order valence-electron chi connectivity index (χ2n) is 11.7. The van der Waals surface area contributed by atoms with E-state index in [9.17, 15) is 52.7 Å². The summed E-state index contributed by atoms with van der Waals surface area (Å²) in [6, 6.07) is 8.52. The predicted octanol–water partition coefficient (Wildman–Crippen LogP) is 7.45. The minimum absolute atomic E-state index is 0.475. The minimum atomic E-state index is -5.08. The lowest BCUT2D eigenvalue weighted by atomic mass is 9.94. The lowest BCUT2D eigenvalue weighted by Gasteiger charge is -2.23. The van der Waals surface area contributed by atoms with E-state index in [4.69, 9.17) is 51.2 Å². The molecule has 0 amide bonds. The van der Waals surface area contributed by atoms with Gasteiger partial charge in [-0.3, -0.25) is 4.98 Å². The molecule has 1 aromatic carbocycles. The van der Waals surface area contributed by atoms with Crippen molar-refractivity contribution in [2.24, 2.45) is 5.92 Å². The molecule has 0 saturated carbocycles. The molecule has 2 aliphatic rings. The first kappa shape index (κ1) is 52.2. The number of halogens is 13. The van der Waals surface area contributed by atoms with Gasteiger partial charge in [0, 0.05) is 24.1 Å². The Bertz CT molecular complexity index is 1800. The number of alkyl halides is 12. The van der Waals surface area contributed by atoms with Crippen molar-refractivity contribution in [1.29, 1.82) is 0 Å². The van der Waals surface area contributed by atoms with Crippen molar-refractivity contribution in [3.8, 4) is 0 Å². The van der Waals surface area contributed by atoms with Crippen LogP contribution in [-0.2, 0) is 32.0 Å². The number of aliphatic carboxylic acids is 4. The number of carbonyl (C=O) groups is 4. The van der Waals surface area contributed by atoms with Crippen LogP contribution in [0.2, 0.25) is 5.02 Å². The number of fused-ring (bicyclic) bond motifs is 6. The van der Waals surface area contributed by atoms with E-state index in [1.54, 1.807) is 12.4 Å². The fraction of sp³-hybridized carbons (Fsp3) is 0.406. The van der Waals surface area contributed by atoms with Crippen molar-refractivity contribution in [2.45, 2.75) is 56.8 Å². The van der Waals surface area contributed by atoms with Gasteiger partial charge in [0.1, 0.15) is 5.02 Å². The van der Waals surface area contributed by atoms with E-state index >= 15 is 0 Å². The maximum atomic E-state index is 10.6. The zero-order valence-electron chi connectivity index (χ0n) is 30.0. The molecule has 1 saturated heterocycles. The summed E-state index contributed by atoms with van der Waals surface area (Å²) in [6.07, 6.45) is -9.46. The van der Waals surface area contributed by atoms with E-state index < -0.39 is 48.6 Å². The maximum Gasteiger partial charge on any atom is 0.490 e. The largest absolute Gasteiger partial charge is 0.490 e. The van der Waals surface area contributed by atoms with Crippen LogP contribution in [0.1, 0.15) is 30.4 Å². The number of hydrogen-bond acceptors (Lipinski definition) is 11. The van der Waals surface area contributed by atoms with Gasteiger partial charge >= 0.3 is 48.6 Å². The van der Waals surface area contributed by atoms with Gasteiger partial charge in [-0.2, -0.15) is 57.7 Å². The summed E-state index contributed by atoms with van der Waals surface area (Å²) in [5.74, 6) is -9.17. The van der Waals surface area contributed by atoms with Crippen LogP contribution >= 0.6 is 11.6 Å². The molecule has 0 unspecified atom stereocenters. The second kappa shape index (κ2) is 23.1. The Hall–Kier alpha value is -5.86. The molecule has 0 aliphatic carbocycles. The summed E-state index contributed by atoms with van der Waals surface area (Å²) in [4.78, 5) is 48.8. The van der Waals surface area contributed by atoms with Crippen molar-refractivity contribution < 1.29 is 92.3 Å². The zero-order chi connectivity index (χ0) is 46.1. The average Bonchev–Trinajstić information content (AvgIpc) is 3.13. The number of nitrogens with zero attached hydrogens (tertiary/aromatic N) is 3. The number of carboxylic acids is 4. The maximum absolute atomic E-state index is 10.6.